The number of carbonyl (C=O) groups excluding carboxylic acids is 2. The zero-order valence-corrected chi connectivity index (χ0v) is 30.7. The van der Waals surface area contributed by atoms with Crippen molar-refractivity contribution in [3.05, 3.63) is 125 Å². The number of amides is 1. The predicted octanol–water partition coefficient (Wildman–Crippen LogP) is 7.57. The lowest BCUT2D eigenvalue weighted by Gasteiger charge is -2.22. The number of methoxy groups -OCH3 is 1. The summed E-state index contributed by atoms with van der Waals surface area (Å²) in [6.45, 7) is 7.67. The number of carbonyl (C=O) groups is 2. The molecule has 8 nitrogen and oxygen atoms in total. The van der Waals surface area contributed by atoms with Crippen LogP contribution in [0, 0.1) is 5.82 Å². The summed E-state index contributed by atoms with van der Waals surface area (Å²) < 4.78 is 37.8. The molecule has 0 heterocycles. The standard InChI is InChI=1S/C40H49FN2O6Si/c1-42-35(28-46-2)24-33-22-31(16-18-36(33)41)32-17-19-38(48-26-29-12-8-6-9-13-29)34(23-32)25-37(39(44)47-20-21-50(3,4)5)43-40(45)49-27-30-14-10-7-11-15-30/h6-19,22-23,35,37,42H,20-21,24-28H2,1-5H3,(H,43,45)/t35-,37-/m0/s1. The highest BCUT2D eigenvalue weighted by molar-refractivity contribution is 6.76. The van der Waals surface area contributed by atoms with Crippen LogP contribution in [0.4, 0.5) is 9.18 Å². The number of halogens is 1. The Kier molecular flexibility index (Phi) is 14.6. The van der Waals surface area contributed by atoms with Crippen molar-refractivity contribution in [2.45, 2.75) is 63.8 Å². The number of likely N-dealkylation sites (N-methyl/N-ethyl adjacent to an activating group) is 1. The van der Waals surface area contributed by atoms with Gasteiger partial charge in [-0.05, 0) is 77.2 Å². The summed E-state index contributed by atoms with van der Waals surface area (Å²) in [5.41, 5.74) is 4.63. The van der Waals surface area contributed by atoms with E-state index in [0.29, 0.717) is 36.5 Å². The van der Waals surface area contributed by atoms with Gasteiger partial charge in [-0.3, -0.25) is 0 Å². The van der Waals surface area contributed by atoms with E-state index >= 15 is 0 Å². The van der Waals surface area contributed by atoms with Crippen LogP contribution in [0.15, 0.2) is 97.1 Å². The van der Waals surface area contributed by atoms with Crippen molar-refractivity contribution < 1.29 is 32.9 Å². The normalized spacial score (nSPS) is 12.5. The van der Waals surface area contributed by atoms with Crippen LogP contribution >= 0.6 is 0 Å². The maximum absolute atomic E-state index is 15.0. The number of alkyl carbamates (subject to hydrolysis) is 1. The predicted molar refractivity (Wildman–Crippen MR) is 197 cm³/mol. The highest BCUT2D eigenvalue weighted by Gasteiger charge is 2.26. The topological polar surface area (TPSA) is 95.1 Å². The van der Waals surface area contributed by atoms with Gasteiger partial charge in [-0.1, -0.05) is 92.4 Å². The molecule has 266 valence electrons. The Balaban J connectivity index is 1.65. The van der Waals surface area contributed by atoms with Crippen LogP contribution < -0.4 is 15.4 Å². The van der Waals surface area contributed by atoms with Crippen molar-refractivity contribution in [2.75, 3.05) is 27.4 Å². The fraction of sp³-hybridized carbons (Fsp3) is 0.350. The summed E-state index contributed by atoms with van der Waals surface area (Å²) >= 11 is 0. The van der Waals surface area contributed by atoms with Gasteiger partial charge in [-0.25, -0.2) is 14.0 Å². The summed E-state index contributed by atoms with van der Waals surface area (Å²) in [6.07, 6.45) is -0.217. The van der Waals surface area contributed by atoms with E-state index in [1.54, 1.807) is 13.2 Å². The third-order valence-corrected chi connectivity index (χ3v) is 9.93. The van der Waals surface area contributed by atoms with Gasteiger partial charge in [0, 0.05) is 27.6 Å². The summed E-state index contributed by atoms with van der Waals surface area (Å²) in [5.74, 6) is -0.304. The average Bonchev–Trinajstić information content (AvgIpc) is 3.10. The van der Waals surface area contributed by atoms with E-state index in [1.165, 1.54) is 6.07 Å². The lowest BCUT2D eigenvalue weighted by atomic mass is 9.95. The molecule has 0 saturated carbocycles. The highest BCUT2D eigenvalue weighted by atomic mass is 28.3. The Bertz CT molecular complexity index is 1670. The fourth-order valence-corrected chi connectivity index (χ4v) is 6.01. The van der Waals surface area contributed by atoms with Crippen LogP contribution in [-0.4, -0.2) is 59.6 Å². The minimum atomic E-state index is -1.49. The van der Waals surface area contributed by atoms with Crippen molar-refractivity contribution in [1.82, 2.24) is 10.6 Å². The van der Waals surface area contributed by atoms with E-state index in [1.807, 2.05) is 92.0 Å². The van der Waals surface area contributed by atoms with E-state index < -0.39 is 26.2 Å². The molecule has 0 bridgehead atoms. The maximum atomic E-state index is 15.0. The average molecular weight is 701 g/mol. The molecule has 10 heteroatoms. The molecule has 0 saturated heterocycles. The van der Waals surface area contributed by atoms with Gasteiger partial charge in [0.25, 0.3) is 0 Å². The third-order valence-electron chi connectivity index (χ3n) is 8.23. The molecule has 4 rings (SSSR count). The van der Waals surface area contributed by atoms with E-state index in [-0.39, 0.29) is 31.5 Å². The van der Waals surface area contributed by atoms with Crippen LogP contribution in [0.5, 0.6) is 5.75 Å². The lowest BCUT2D eigenvalue weighted by Crippen LogP contribution is -2.44. The molecule has 0 fully saturated rings. The molecule has 0 unspecified atom stereocenters. The van der Waals surface area contributed by atoms with Gasteiger partial charge in [-0.2, -0.15) is 0 Å². The van der Waals surface area contributed by atoms with E-state index in [4.69, 9.17) is 18.9 Å². The SMILES string of the molecule is CN[C@H](COC)Cc1cc(-c2ccc(OCc3ccccc3)c(C[C@H](NC(=O)OCc3ccccc3)C(=O)OCC[Si](C)(C)C)c2)ccc1F. The molecule has 4 aromatic rings. The molecule has 0 aliphatic carbocycles. The van der Waals surface area contributed by atoms with Gasteiger partial charge in [-0.15, -0.1) is 0 Å². The Morgan fingerprint density at radius 1 is 0.780 bits per heavy atom. The van der Waals surface area contributed by atoms with Crippen LogP contribution in [-0.2, 0) is 45.1 Å². The first-order valence-corrected chi connectivity index (χ1v) is 20.6. The van der Waals surface area contributed by atoms with Gasteiger partial charge in [0.2, 0.25) is 0 Å². The monoisotopic (exact) mass is 700 g/mol. The Labute approximate surface area is 296 Å². The maximum Gasteiger partial charge on any atom is 0.408 e. The molecule has 2 N–H and O–H groups in total. The number of benzene rings is 4. The van der Waals surface area contributed by atoms with Crippen molar-refractivity contribution in [2.24, 2.45) is 0 Å². The summed E-state index contributed by atoms with van der Waals surface area (Å²) in [5, 5.41) is 5.93. The highest BCUT2D eigenvalue weighted by Crippen LogP contribution is 2.30. The molecule has 0 aromatic heterocycles. The number of rotatable bonds is 18. The molecule has 0 aliphatic rings. The number of nitrogens with one attached hydrogen (secondary N) is 2. The first kappa shape index (κ1) is 38.3. The van der Waals surface area contributed by atoms with E-state index in [9.17, 15) is 14.0 Å². The lowest BCUT2D eigenvalue weighted by molar-refractivity contribution is -0.145. The van der Waals surface area contributed by atoms with Gasteiger partial charge in [0.15, 0.2) is 0 Å². The van der Waals surface area contributed by atoms with Gasteiger partial charge in [0.1, 0.15) is 30.8 Å². The minimum absolute atomic E-state index is 0.0523. The molecular formula is C40H49FN2O6Si. The van der Waals surface area contributed by atoms with Crippen molar-refractivity contribution in [1.29, 1.82) is 0 Å². The molecule has 0 aliphatic heterocycles. The van der Waals surface area contributed by atoms with E-state index in [2.05, 4.69) is 30.3 Å². The first-order chi connectivity index (χ1) is 24.0. The molecule has 0 spiro atoms. The zero-order valence-electron chi connectivity index (χ0n) is 29.7. The second-order valence-corrected chi connectivity index (χ2v) is 19.1. The first-order valence-electron chi connectivity index (χ1n) is 16.9. The summed E-state index contributed by atoms with van der Waals surface area (Å²) in [6, 6.07) is 29.5. The van der Waals surface area contributed by atoms with Gasteiger partial charge >= 0.3 is 12.1 Å². The van der Waals surface area contributed by atoms with Gasteiger partial charge in [0.05, 0.1) is 13.2 Å². The van der Waals surface area contributed by atoms with Gasteiger partial charge < -0.3 is 29.6 Å². The van der Waals surface area contributed by atoms with Crippen molar-refractivity contribution >= 4 is 20.1 Å². The minimum Gasteiger partial charge on any atom is -0.489 e. The smallest absolute Gasteiger partial charge is 0.408 e. The zero-order chi connectivity index (χ0) is 35.9. The largest absolute Gasteiger partial charge is 0.489 e. The van der Waals surface area contributed by atoms with Crippen molar-refractivity contribution in [3.8, 4) is 16.9 Å². The second-order valence-electron chi connectivity index (χ2n) is 13.5. The van der Waals surface area contributed by atoms with Crippen LogP contribution in [0.25, 0.3) is 11.1 Å². The third kappa shape index (κ3) is 12.4. The Hall–Kier alpha value is -4.51. The number of hydrogen-bond donors (Lipinski definition) is 2. The molecule has 0 radical (unpaired) electrons. The molecule has 2 atom stereocenters. The quantitative estimate of drug-likeness (QED) is 0.0817. The molecule has 50 heavy (non-hydrogen) atoms. The van der Waals surface area contributed by atoms with Crippen LogP contribution in [0.1, 0.15) is 22.3 Å². The van der Waals surface area contributed by atoms with Crippen LogP contribution in [0.2, 0.25) is 25.7 Å². The fourth-order valence-electron chi connectivity index (χ4n) is 5.30. The summed E-state index contributed by atoms with van der Waals surface area (Å²) in [7, 11) is 1.96. The van der Waals surface area contributed by atoms with Crippen molar-refractivity contribution in [3.63, 3.8) is 0 Å². The number of hydrogen-bond acceptors (Lipinski definition) is 7. The molecule has 4 aromatic carbocycles. The molecule has 1 amide bonds. The Morgan fingerprint density at radius 2 is 1.40 bits per heavy atom. The van der Waals surface area contributed by atoms with Crippen LogP contribution in [0.3, 0.4) is 0 Å². The molecular weight excluding hydrogens is 652 g/mol. The summed E-state index contributed by atoms with van der Waals surface area (Å²) in [4.78, 5) is 26.6. The number of ether oxygens (including phenoxy) is 4. The Morgan fingerprint density at radius 3 is 2.02 bits per heavy atom. The van der Waals surface area contributed by atoms with E-state index in [0.717, 1.165) is 28.3 Å². The second kappa shape index (κ2) is 19.0. The number of esters is 1.